The number of hydrogen-bond acceptors (Lipinski definition) is 4. The summed E-state index contributed by atoms with van der Waals surface area (Å²) in [6.45, 7) is 5.11. The number of hydrogen-bond donors (Lipinski definition) is 2. The standard InChI is InChI=1S/C31H33FN2O3/c1-2-24-16-17-34(21-29(24)36-22-23-10-9-15-27(32)18-23)20-28-19-33-30(37-28)31(35,25-11-5-3-6-12-25)26-13-7-4-8-14-26/h3-15,18-19,24,29,35H,2,16-17,20-22H2,1H3/p+1. The summed E-state index contributed by atoms with van der Waals surface area (Å²) >= 11 is 0. The Morgan fingerprint density at radius 1 is 1.03 bits per heavy atom. The van der Waals surface area contributed by atoms with Crippen LogP contribution in [0.1, 0.15) is 48.1 Å². The molecule has 5 nitrogen and oxygen atoms in total. The predicted molar refractivity (Wildman–Crippen MR) is 139 cm³/mol. The molecule has 2 N–H and O–H groups in total. The van der Waals surface area contributed by atoms with Gasteiger partial charge >= 0.3 is 0 Å². The quantitative estimate of drug-likeness (QED) is 0.355. The zero-order valence-electron chi connectivity index (χ0n) is 21.1. The SMILES string of the molecule is CCC1CC[NH+](Cc2cnc(C(O)(c3ccccc3)c3ccccc3)o2)CC1OCc1cccc(F)c1. The fourth-order valence-electron chi connectivity index (χ4n) is 5.36. The molecule has 1 fully saturated rings. The van der Waals surface area contributed by atoms with Gasteiger partial charge in [-0.3, -0.25) is 0 Å². The average molecular weight is 502 g/mol. The molecule has 1 aromatic heterocycles. The van der Waals surface area contributed by atoms with Gasteiger partial charge in [-0.25, -0.2) is 9.37 Å². The molecule has 1 saturated heterocycles. The molecule has 6 heteroatoms. The smallest absolute Gasteiger partial charge is 0.236 e. The van der Waals surface area contributed by atoms with Crippen LogP contribution in [0.3, 0.4) is 0 Å². The Bertz CT molecular complexity index is 1240. The van der Waals surface area contributed by atoms with Crippen molar-refractivity contribution in [2.24, 2.45) is 5.92 Å². The van der Waals surface area contributed by atoms with Crippen LogP contribution >= 0.6 is 0 Å². The minimum Gasteiger partial charge on any atom is -0.436 e. The summed E-state index contributed by atoms with van der Waals surface area (Å²) in [5.74, 6) is 1.23. The van der Waals surface area contributed by atoms with Gasteiger partial charge in [0.05, 0.1) is 19.3 Å². The number of ether oxygens (including phenoxy) is 1. The van der Waals surface area contributed by atoms with Gasteiger partial charge in [0, 0.05) is 6.42 Å². The first-order chi connectivity index (χ1) is 18.1. The van der Waals surface area contributed by atoms with Gasteiger partial charge in [-0.1, -0.05) is 86.1 Å². The third-order valence-corrected chi connectivity index (χ3v) is 7.43. The van der Waals surface area contributed by atoms with Gasteiger partial charge in [-0.05, 0) is 34.7 Å². The molecule has 0 radical (unpaired) electrons. The number of quaternary nitrogens is 1. The first-order valence-electron chi connectivity index (χ1n) is 13.0. The van der Waals surface area contributed by atoms with Gasteiger partial charge in [0.2, 0.25) is 5.89 Å². The van der Waals surface area contributed by atoms with Gasteiger partial charge in [0.1, 0.15) is 25.0 Å². The molecule has 0 amide bonds. The highest BCUT2D eigenvalue weighted by atomic mass is 19.1. The van der Waals surface area contributed by atoms with Crippen molar-refractivity contribution < 1.29 is 23.6 Å². The van der Waals surface area contributed by atoms with Crippen molar-refractivity contribution in [1.82, 2.24) is 4.98 Å². The van der Waals surface area contributed by atoms with Gasteiger partial charge < -0.3 is 19.2 Å². The summed E-state index contributed by atoms with van der Waals surface area (Å²) in [7, 11) is 0. The van der Waals surface area contributed by atoms with E-state index in [0.29, 0.717) is 30.2 Å². The van der Waals surface area contributed by atoms with Crippen molar-refractivity contribution in [2.45, 2.75) is 44.6 Å². The van der Waals surface area contributed by atoms with Crippen LogP contribution in [0.2, 0.25) is 0 Å². The summed E-state index contributed by atoms with van der Waals surface area (Å²) in [5.41, 5.74) is 0.776. The largest absolute Gasteiger partial charge is 0.436 e. The van der Waals surface area contributed by atoms with Crippen LogP contribution in [0.4, 0.5) is 4.39 Å². The van der Waals surface area contributed by atoms with Crippen LogP contribution in [-0.4, -0.2) is 29.3 Å². The zero-order chi connectivity index (χ0) is 25.7. The lowest BCUT2D eigenvalue weighted by Gasteiger charge is -2.35. The van der Waals surface area contributed by atoms with E-state index in [1.165, 1.54) is 17.0 Å². The van der Waals surface area contributed by atoms with E-state index < -0.39 is 5.60 Å². The first kappa shape index (κ1) is 25.3. The Kier molecular flexibility index (Phi) is 7.79. The number of likely N-dealkylation sites (tertiary alicyclic amines) is 1. The van der Waals surface area contributed by atoms with E-state index in [1.54, 1.807) is 12.3 Å². The number of rotatable bonds is 9. The highest BCUT2D eigenvalue weighted by Crippen LogP contribution is 2.36. The van der Waals surface area contributed by atoms with E-state index in [0.717, 1.165) is 37.3 Å². The van der Waals surface area contributed by atoms with Crippen molar-refractivity contribution >= 4 is 0 Å². The van der Waals surface area contributed by atoms with Gasteiger partial charge in [-0.2, -0.15) is 0 Å². The molecule has 0 saturated carbocycles. The molecule has 3 aromatic carbocycles. The molecule has 37 heavy (non-hydrogen) atoms. The highest BCUT2D eigenvalue weighted by Gasteiger charge is 2.39. The number of piperidine rings is 1. The van der Waals surface area contributed by atoms with Crippen LogP contribution < -0.4 is 4.90 Å². The molecule has 3 atom stereocenters. The molecular weight excluding hydrogens is 467 g/mol. The normalized spacial score (nSPS) is 20.1. The third kappa shape index (κ3) is 5.67. The summed E-state index contributed by atoms with van der Waals surface area (Å²) in [5, 5.41) is 11.9. The highest BCUT2D eigenvalue weighted by molar-refractivity contribution is 5.41. The van der Waals surface area contributed by atoms with E-state index in [9.17, 15) is 9.50 Å². The second-order valence-corrected chi connectivity index (χ2v) is 9.89. The topological polar surface area (TPSA) is 59.9 Å². The van der Waals surface area contributed by atoms with E-state index in [1.807, 2.05) is 66.7 Å². The summed E-state index contributed by atoms with van der Waals surface area (Å²) < 4.78 is 26.1. The summed E-state index contributed by atoms with van der Waals surface area (Å²) in [4.78, 5) is 5.89. The number of nitrogens with zero attached hydrogens (tertiary/aromatic N) is 1. The van der Waals surface area contributed by atoms with Crippen LogP contribution in [0.5, 0.6) is 0 Å². The molecular formula is C31H34FN2O3+. The maximum Gasteiger partial charge on any atom is 0.236 e. The Morgan fingerprint density at radius 3 is 2.38 bits per heavy atom. The van der Waals surface area contributed by atoms with Crippen molar-refractivity contribution in [3.63, 3.8) is 0 Å². The Balaban J connectivity index is 1.31. The average Bonchev–Trinajstić information content (AvgIpc) is 3.41. The van der Waals surface area contributed by atoms with Gasteiger partial charge in [-0.15, -0.1) is 0 Å². The van der Waals surface area contributed by atoms with Crippen LogP contribution in [0.25, 0.3) is 0 Å². The Morgan fingerprint density at radius 2 is 1.73 bits per heavy atom. The van der Waals surface area contributed by atoms with Crippen molar-refractivity contribution in [2.75, 3.05) is 13.1 Å². The molecule has 0 aliphatic carbocycles. The minimum atomic E-state index is -1.48. The molecule has 0 bridgehead atoms. The fourth-order valence-corrected chi connectivity index (χ4v) is 5.36. The zero-order valence-corrected chi connectivity index (χ0v) is 21.1. The molecule has 3 unspecified atom stereocenters. The fraction of sp³-hybridized carbons (Fsp3) is 0.323. The molecule has 2 heterocycles. The van der Waals surface area contributed by atoms with Crippen molar-refractivity contribution in [1.29, 1.82) is 0 Å². The number of nitrogens with one attached hydrogen (secondary N) is 1. The summed E-state index contributed by atoms with van der Waals surface area (Å²) in [6.07, 6.45) is 3.92. The van der Waals surface area contributed by atoms with Crippen molar-refractivity contribution in [3.05, 3.63) is 125 Å². The number of aliphatic hydroxyl groups is 1. The lowest BCUT2D eigenvalue weighted by atomic mass is 9.86. The van der Waals surface area contributed by atoms with Crippen LogP contribution in [-0.2, 0) is 23.5 Å². The lowest BCUT2D eigenvalue weighted by Crippen LogP contribution is -3.13. The van der Waals surface area contributed by atoms with E-state index >= 15 is 0 Å². The second kappa shape index (κ2) is 11.4. The summed E-state index contributed by atoms with van der Waals surface area (Å²) in [6, 6.07) is 25.6. The second-order valence-electron chi connectivity index (χ2n) is 9.89. The molecule has 0 spiro atoms. The third-order valence-electron chi connectivity index (χ3n) is 7.43. The Hall–Kier alpha value is -3.32. The molecule has 4 aromatic rings. The number of oxazole rings is 1. The van der Waals surface area contributed by atoms with E-state index in [-0.39, 0.29) is 17.8 Å². The van der Waals surface area contributed by atoms with E-state index in [2.05, 4.69) is 11.9 Å². The van der Waals surface area contributed by atoms with Gasteiger partial charge in [0.15, 0.2) is 11.4 Å². The number of aromatic nitrogens is 1. The predicted octanol–water partition coefficient (Wildman–Crippen LogP) is 4.50. The molecule has 192 valence electrons. The first-order valence-corrected chi connectivity index (χ1v) is 13.0. The van der Waals surface area contributed by atoms with Crippen molar-refractivity contribution in [3.8, 4) is 0 Å². The molecule has 1 aliphatic heterocycles. The number of benzene rings is 3. The lowest BCUT2D eigenvalue weighted by molar-refractivity contribution is -0.924. The molecule has 5 rings (SSSR count). The number of halogens is 1. The van der Waals surface area contributed by atoms with Crippen LogP contribution in [0, 0.1) is 11.7 Å². The Labute approximate surface area is 217 Å². The maximum absolute atomic E-state index is 13.6. The maximum atomic E-state index is 13.6. The monoisotopic (exact) mass is 501 g/mol. The van der Waals surface area contributed by atoms with Crippen LogP contribution in [0.15, 0.2) is 95.5 Å². The minimum absolute atomic E-state index is 0.0879. The van der Waals surface area contributed by atoms with E-state index in [4.69, 9.17) is 9.15 Å². The molecule has 1 aliphatic rings. The van der Waals surface area contributed by atoms with Gasteiger partial charge in [0.25, 0.3) is 0 Å².